The van der Waals surface area contributed by atoms with E-state index in [2.05, 4.69) is 0 Å². The van der Waals surface area contributed by atoms with Crippen LogP contribution in [0.15, 0.2) is 23.3 Å². The topological polar surface area (TPSA) is 52.6 Å². The second-order valence-corrected chi connectivity index (χ2v) is 5.62. The highest BCUT2D eigenvalue weighted by Gasteiger charge is 2.31. The molecule has 20 heavy (non-hydrogen) atoms. The Hall–Kier alpha value is -1.58. The summed E-state index contributed by atoms with van der Waals surface area (Å²) < 4.78 is 10.5. The van der Waals surface area contributed by atoms with Crippen LogP contribution in [0.2, 0.25) is 0 Å². The van der Waals surface area contributed by atoms with Gasteiger partial charge >= 0.3 is 11.9 Å². The van der Waals surface area contributed by atoms with Gasteiger partial charge in [0.1, 0.15) is 0 Å². The third-order valence-electron chi connectivity index (χ3n) is 2.90. The number of rotatable bonds is 4. The molecule has 0 aromatic rings. The molecule has 1 rings (SSSR count). The Morgan fingerprint density at radius 3 is 2.30 bits per heavy atom. The molecule has 0 spiro atoms. The molecule has 0 radical (unpaired) electrons. The molecule has 4 nitrogen and oxygen atoms in total. The molecule has 1 unspecified atom stereocenters. The molecule has 1 atom stereocenters. The van der Waals surface area contributed by atoms with E-state index in [1.165, 1.54) is 0 Å². The Bertz CT molecular complexity index is 430. The summed E-state index contributed by atoms with van der Waals surface area (Å²) >= 11 is 0. The SMILES string of the molecule is CC1=CCCC(C(=O)OC(C)C)C(C(=O)OC(C)C)=C1. The maximum Gasteiger partial charge on any atom is 0.335 e. The standard InChI is InChI=1S/C16H24O4/c1-10(2)19-15(17)13-8-6-7-12(5)9-14(13)16(18)20-11(3)4/h7,9-11,13H,6,8H2,1-5H3. The van der Waals surface area contributed by atoms with Gasteiger partial charge in [-0.2, -0.15) is 0 Å². The van der Waals surface area contributed by atoms with E-state index in [4.69, 9.17) is 9.47 Å². The van der Waals surface area contributed by atoms with Crippen molar-refractivity contribution in [1.29, 1.82) is 0 Å². The summed E-state index contributed by atoms with van der Waals surface area (Å²) in [6, 6.07) is 0. The summed E-state index contributed by atoms with van der Waals surface area (Å²) in [5.74, 6) is -1.33. The average molecular weight is 280 g/mol. The monoisotopic (exact) mass is 280 g/mol. The Kier molecular flexibility index (Phi) is 5.99. The summed E-state index contributed by atoms with van der Waals surface area (Å²) in [4.78, 5) is 24.4. The molecule has 0 N–H and O–H groups in total. The lowest BCUT2D eigenvalue weighted by Gasteiger charge is -2.19. The van der Waals surface area contributed by atoms with Crippen LogP contribution in [-0.4, -0.2) is 24.1 Å². The Labute approximate surface area is 120 Å². The van der Waals surface area contributed by atoms with Crippen molar-refractivity contribution >= 4 is 11.9 Å². The molecule has 112 valence electrons. The van der Waals surface area contributed by atoms with Crippen molar-refractivity contribution in [3.05, 3.63) is 23.3 Å². The maximum absolute atomic E-state index is 12.2. The molecule has 0 amide bonds. The normalized spacial score (nSPS) is 19.2. The number of carbonyl (C=O) groups excluding carboxylic acids is 2. The molecule has 1 aliphatic rings. The lowest BCUT2D eigenvalue weighted by atomic mass is 9.95. The van der Waals surface area contributed by atoms with Gasteiger partial charge in [-0.1, -0.05) is 11.6 Å². The molecule has 0 aromatic carbocycles. The van der Waals surface area contributed by atoms with E-state index < -0.39 is 11.9 Å². The highest BCUT2D eigenvalue weighted by molar-refractivity contribution is 5.96. The van der Waals surface area contributed by atoms with Crippen molar-refractivity contribution in [2.45, 2.75) is 59.7 Å². The molecule has 1 aliphatic carbocycles. The second-order valence-electron chi connectivity index (χ2n) is 5.62. The van der Waals surface area contributed by atoms with Crippen molar-refractivity contribution in [2.24, 2.45) is 5.92 Å². The fourth-order valence-electron chi connectivity index (χ4n) is 2.08. The zero-order valence-corrected chi connectivity index (χ0v) is 12.9. The molecular formula is C16H24O4. The minimum Gasteiger partial charge on any atom is -0.463 e. The van der Waals surface area contributed by atoms with Crippen LogP contribution in [0.1, 0.15) is 47.5 Å². The predicted molar refractivity (Wildman–Crippen MR) is 77.0 cm³/mol. The fourth-order valence-corrected chi connectivity index (χ4v) is 2.08. The zero-order chi connectivity index (χ0) is 15.3. The fraction of sp³-hybridized carbons (Fsp3) is 0.625. The van der Waals surface area contributed by atoms with Gasteiger partial charge in [-0.05, 0) is 53.5 Å². The third-order valence-corrected chi connectivity index (χ3v) is 2.90. The lowest BCUT2D eigenvalue weighted by Crippen LogP contribution is -2.27. The first-order valence-electron chi connectivity index (χ1n) is 7.11. The minimum atomic E-state index is -0.544. The van der Waals surface area contributed by atoms with Gasteiger partial charge in [0.15, 0.2) is 0 Å². The van der Waals surface area contributed by atoms with Crippen molar-refractivity contribution < 1.29 is 19.1 Å². The minimum absolute atomic E-state index is 0.192. The molecule has 0 saturated carbocycles. The molecule has 4 heteroatoms. The van der Waals surface area contributed by atoms with E-state index in [0.29, 0.717) is 12.0 Å². The van der Waals surface area contributed by atoms with E-state index in [9.17, 15) is 9.59 Å². The summed E-state index contributed by atoms with van der Waals surface area (Å²) in [5, 5.41) is 0. The van der Waals surface area contributed by atoms with Gasteiger partial charge in [-0.3, -0.25) is 4.79 Å². The van der Waals surface area contributed by atoms with Crippen LogP contribution < -0.4 is 0 Å². The third kappa shape index (κ3) is 4.83. The smallest absolute Gasteiger partial charge is 0.335 e. The molecule has 0 heterocycles. The molecule has 0 fully saturated rings. The van der Waals surface area contributed by atoms with Crippen molar-refractivity contribution in [3.8, 4) is 0 Å². The Morgan fingerprint density at radius 2 is 1.75 bits per heavy atom. The number of ether oxygens (including phenoxy) is 2. The van der Waals surface area contributed by atoms with Gasteiger partial charge in [0.05, 0.1) is 23.7 Å². The van der Waals surface area contributed by atoms with E-state index in [1.807, 2.05) is 13.0 Å². The van der Waals surface area contributed by atoms with Crippen LogP contribution in [0.3, 0.4) is 0 Å². The highest BCUT2D eigenvalue weighted by atomic mass is 16.5. The van der Waals surface area contributed by atoms with E-state index >= 15 is 0 Å². The van der Waals surface area contributed by atoms with Gasteiger partial charge in [0.2, 0.25) is 0 Å². The highest BCUT2D eigenvalue weighted by Crippen LogP contribution is 2.26. The van der Waals surface area contributed by atoms with Gasteiger partial charge in [0.25, 0.3) is 0 Å². The first kappa shape index (κ1) is 16.5. The number of allylic oxidation sites excluding steroid dienone is 3. The first-order valence-corrected chi connectivity index (χ1v) is 7.11. The number of carbonyl (C=O) groups is 2. The van der Waals surface area contributed by atoms with Gasteiger partial charge < -0.3 is 9.47 Å². The molecule has 0 saturated heterocycles. The number of hydrogen-bond donors (Lipinski definition) is 0. The Morgan fingerprint density at radius 1 is 1.15 bits per heavy atom. The number of hydrogen-bond acceptors (Lipinski definition) is 4. The van der Waals surface area contributed by atoms with E-state index in [-0.39, 0.29) is 18.2 Å². The summed E-state index contributed by atoms with van der Waals surface area (Å²) in [6.45, 7) is 9.10. The largest absolute Gasteiger partial charge is 0.463 e. The first-order chi connectivity index (χ1) is 9.31. The summed E-state index contributed by atoms with van der Waals surface area (Å²) in [5.41, 5.74) is 1.37. The average Bonchev–Trinajstić information content (AvgIpc) is 2.49. The van der Waals surface area contributed by atoms with Crippen LogP contribution in [0, 0.1) is 5.92 Å². The van der Waals surface area contributed by atoms with Crippen LogP contribution in [0.4, 0.5) is 0 Å². The molecular weight excluding hydrogens is 256 g/mol. The molecule has 0 bridgehead atoms. The van der Waals surface area contributed by atoms with Crippen LogP contribution in [-0.2, 0) is 19.1 Å². The lowest BCUT2D eigenvalue weighted by molar-refractivity contribution is -0.154. The summed E-state index contributed by atoms with van der Waals surface area (Å²) in [7, 11) is 0. The van der Waals surface area contributed by atoms with Crippen LogP contribution in [0.25, 0.3) is 0 Å². The molecule has 0 aliphatic heterocycles. The number of esters is 2. The molecule has 0 aromatic heterocycles. The van der Waals surface area contributed by atoms with Crippen LogP contribution >= 0.6 is 0 Å². The van der Waals surface area contributed by atoms with Crippen molar-refractivity contribution in [3.63, 3.8) is 0 Å². The maximum atomic E-state index is 12.2. The van der Waals surface area contributed by atoms with Crippen molar-refractivity contribution in [1.82, 2.24) is 0 Å². The van der Waals surface area contributed by atoms with Crippen molar-refractivity contribution in [2.75, 3.05) is 0 Å². The van der Waals surface area contributed by atoms with Gasteiger partial charge in [-0.15, -0.1) is 0 Å². The predicted octanol–water partition coefficient (Wildman–Crippen LogP) is 3.17. The zero-order valence-electron chi connectivity index (χ0n) is 12.9. The summed E-state index contributed by atoms with van der Waals surface area (Å²) in [6.07, 6.45) is 4.68. The quantitative estimate of drug-likeness (QED) is 0.742. The second kappa shape index (κ2) is 7.27. The Balaban J connectivity index is 2.98. The van der Waals surface area contributed by atoms with E-state index in [0.717, 1.165) is 12.0 Å². The van der Waals surface area contributed by atoms with Gasteiger partial charge in [-0.25, -0.2) is 4.79 Å². The van der Waals surface area contributed by atoms with Gasteiger partial charge in [0, 0.05) is 0 Å². The van der Waals surface area contributed by atoms with Crippen LogP contribution in [0.5, 0.6) is 0 Å². The van der Waals surface area contributed by atoms with E-state index in [1.54, 1.807) is 33.8 Å².